The summed E-state index contributed by atoms with van der Waals surface area (Å²) in [6.45, 7) is 0.592. The van der Waals surface area contributed by atoms with E-state index in [2.05, 4.69) is 20.6 Å². The summed E-state index contributed by atoms with van der Waals surface area (Å²) in [4.78, 5) is 9.26. The summed E-state index contributed by atoms with van der Waals surface area (Å²) in [6, 6.07) is 0. The van der Waals surface area contributed by atoms with Crippen LogP contribution in [0.3, 0.4) is 0 Å². The van der Waals surface area contributed by atoms with Crippen LogP contribution < -0.4 is 11.0 Å². The molecule has 0 aromatic carbocycles. The lowest BCUT2D eigenvalue weighted by atomic mass is 10.3. The fourth-order valence-corrected chi connectivity index (χ4v) is 0.610. The van der Waals surface area contributed by atoms with Gasteiger partial charge in [0.15, 0.2) is 0 Å². The van der Waals surface area contributed by atoms with Gasteiger partial charge in [0.05, 0.1) is 26.9 Å². The molecule has 0 radical (unpaired) electrons. The van der Waals surface area contributed by atoms with Gasteiger partial charge in [-0.3, -0.25) is 10.3 Å². The van der Waals surface area contributed by atoms with Crippen molar-refractivity contribution in [3.63, 3.8) is 0 Å². The predicted octanol–water partition coefficient (Wildman–Crippen LogP) is -0.183. The van der Waals surface area contributed by atoms with Crippen molar-refractivity contribution in [1.82, 2.24) is 11.0 Å². The third-order valence-electron chi connectivity index (χ3n) is 1.23. The SMILES string of the molecule is CON/C=C/C(CNOC)OC. The lowest BCUT2D eigenvalue weighted by Crippen LogP contribution is -2.26. The normalized spacial score (nSPS) is 13.6. The molecule has 0 rings (SSSR count). The highest BCUT2D eigenvalue weighted by Crippen LogP contribution is 1.89. The Morgan fingerprint density at radius 2 is 2.00 bits per heavy atom. The standard InChI is InChI=1S/C7H16N2O3/c1-10-7(6-9-12-3)4-5-8-11-2/h4-5,7-9H,6H2,1-3H3/b5-4+. The van der Waals surface area contributed by atoms with Crippen LogP contribution in [0.4, 0.5) is 0 Å². The Hall–Kier alpha value is -0.620. The maximum atomic E-state index is 5.07. The van der Waals surface area contributed by atoms with Crippen molar-refractivity contribution in [1.29, 1.82) is 0 Å². The van der Waals surface area contributed by atoms with Gasteiger partial charge in [-0.25, -0.2) is 0 Å². The molecule has 0 aliphatic heterocycles. The van der Waals surface area contributed by atoms with Gasteiger partial charge in [-0.1, -0.05) is 0 Å². The maximum absolute atomic E-state index is 5.07. The first-order chi connectivity index (χ1) is 5.85. The molecule has 0 fully saturated rings. The number of nitrogens with one attached hydrogen (secondary N) is 2. The molecule has 0 aliphatic rings. The summed E-state index contributed by atoms with van der Waals surface area (Å²) in [5.74, 6) is 0. The highest BCUT2D eigenvalue weighted by atomic mass is 16.6. The van der Waals surface area contributed by atoms with Crippen molar-refractivity contribution in [2.24, 2.45) is 0 Å². The molecule has 0 aliphatic carbocycles. The highest BCUT2D eigenvalue weighted by molar-refractivity contribution is 4.86. The minimum atomic E-state index is -0.0346. The molecule has 2 N–H and O–H groups in total. The zero-order valence-electron chi connectivity index (χ0n) is 7.66. The van der Waals surface area contributed by atoms with Crippen molar-refractivity contribution in [3.05, 3.63) is 12.3 Å². The molecule has 0 aromatic rings. The van der Waals surface area contributed by atoms with E-state index >= 15 is 0 Å². The Kier molecular flexibility index (Phi) is 8.04. The monoisotopic (exact) mass is 176 g/mol. The highest BCUT2D eigenvalue weighted by Gasteiger charge is 1.99. The van der Waals surface area contributed by atoms with E-state index in [1.54, 1.807) is 27.5 Å². The molecule has 0 saturated heterocycles. The second-order valence-electron chi connectivity index (χ2n) is 2.01. The van der Waals surface area contributed by atoms with Gasteiger partial charge in [0, 0.05) is 13.3 Å². The third-order valence-corrected chi connectivity index (χ3v) is 1.23. The molecular formula is C7H16N2O3. The van der Waals surface area contributed by atoms with Crippen LogP contribution >= 0.6 is 0 Å². The van der Waals surface area contributed by atoms with Crippen molar-refractivity contribution >= 4 is 0 Å². The number of hydroxylamine groups is 2. The Labute approximate surface area is 72.6 Å². The minimum Gasteiger partial charge on any atom is -0.376 e. The van der Waals surface area contributed by atoms with E-state index in [-0.39, 0.29) is 6.10 Å². The summed E-state index contributed by atoms with van der Waals surface area (Å²) in [6.07, 6.45) is 3.44. The zero-order valence-corrected chi connectivity index (χ0v) is 7.66. The molecule has 0 spiro atoms. The quantitative estimate of drug-likeness (QED) is 0.527. The van der Waals surface area contributed by atoms with E-state index in [1.807, 2.05) is 6.08 Å². The van der Waals surface area contributed by atoms with Gasteiger partial charge >= 0.3 is 0 Å². The Bertz CT molecular complexity index is 119. The fourth-order valence-electron chi connectivity index (χ4n) is 0.610. The van der Waals surface area contributed by atoms with Crippen molar-refractivity contribution in [3.8, 4) is 0 Å². The van der Waals surface area contributed by atoms with Crippen LogP contribution in [0.15, 0.2) is 12.3 Å². The average molecular weight is 176 g/mol. The molecule has 0 heterocycles. The van der Waals surface area contributed by atoms with Crippen molar-refractivity contribution < 1.29 is 14.4 Å². The zero-order chi connectivity index (χ0) is 9.23. The Balaban J connectivity index is 3.51. The van der Waals surface area contributed by atoms with E-state index < -0.39 is 0 Å². The summed E-state index contributed by atoms with van der Waals surface area (Å²) >= 11 is 0. The van der Waals surface area contributed by atoms with E-state index in [0.29, 0.717) is 6.54 Å². The van der Waals surface area contributed by atoms with Crippen LogP contribution in [-0.2, 0) is 14.4 Å². The topological polar surface area (TPSA) is 51.8 Å². The first-order valence-corrected chi connectivity index (χ1v) is 3.59. The summed E-state index contributed by atoms with van der Waals surface area (Å²) in [5.41, 5.74) is 5.24. The van der Waals surface area contributed by atoms with Gasteiger partial charge in [-0.05, 0) is 6.08 Å². The molecule has 1 unspecified atom stereocenters. The molecule has 12 heavy (non-hydrogen) atoms. The van der Waals surface area contributed by atoms with Gasteiger partial charge in [0.25, 0.3) is 0 Å². The number of rotatable bonds is 7. The lowest BCUT2D eigenvalue weighted by molar-refractivity contribution is 0.0461. The third kappa shape index (κ3) is 6.11. The van der Waals surface area contributed by atoms with Crippen LogP contribution in [0.2, 0.25) is 0 Å². The molecular weight excluding hydrogens is 160 g/mol. The van der Waals surface area contributed by atoms with Crippen LogP contribution in [0.25, 0.3) is 0 Å². The first-order valence-electron chi connectivity index (χ1n) is 3.59. The second kappa shape index (κ2) is 8.48. The van der Waals surface area contributed by atoms with E-state index in [9.17, 15) is 0 Å². The van der Waals surface area contributed by atoms with Gasteiger partial charge in [0.1, 0.15) is 0 Å². The minimum absolute atomic E-state index is 0.0346. The summed E-state index contributed by atoms with van der Waals surface area (Å²) in [5, 5.41) is 0. The Morgan fingerprint density at radius 1 is 1.25 bits per heavy atom. The fraction of sp³-hybridized carbons (Fsp3) is 0.714. The van der Waals surface area contributed by atoms with Gasteiger partial charge < -0.3 is 9.57 Å². The van der Waals surface area contributed by atoms with Crippen LogP contribution in [0, 0.1) is 0 Å². The largest absolute Gasteiger partial charge is 0.376 e. The van der Waals surface area contributed by atoms with Crippen molar-refractivity contribution in [2.75, 3.05) is 27.9 Å². The number of ether oxygens (including phenoxy) is 1. The van der Waals surface area contributed by atoms with Crippen LogP contribution in [0.1, 0.15) is 0 Å². The number of hydrogen-bond donors (Lipinski definition) is 2. The average Bonchev–Trinajstić information content (AvgIpc) is 2.11. The molecule has 5 heteroatoms. The van der Waals surface area contributed by atoms with Gasteiger partial charge in [-0.15, -0.1) is 0 Å². The van der Waals surface area contributed by atoms with Gasteiger partial charge in [0.2, 0.25) is 0 Å². The molecule has 0 aromatic heterocycles. The molecule has 5 nitrogen and oxygen atoms in total. The second-order valence-corrected chi connectivity index (χ2v) is 2.01. The molecule has 0 saturated carbocycles. The van der Waals surface area contributed by atoms with Crippen LogP contribution in [0.5, 0.6) is 0 Å². The van der Waals surface area contributed by atoms with E-state index in [0.717, 1.165) is 0 Å². The lowest BCUT2D eigenvalue weighted by Gasteiger charge is -2.10. The first kappa shape index (κ1) is 11.4. The molecule has 0 amide bonds. The maximum Gasteiger partial charge on any atom is 0.0917 e. The van der Waals surface area contributed by atoms with E-state index in [1.165, 1.54) is 0 Å². The molecule has 72 valence electrons. The number of hydrogen-bond acceptors (Lipinski definition) is 5. The summed E-state index contributed by atoms with van der Waals surface area (Å²) in [7, 11) is 4.72. The smallest absolute Gasteiger partial charge is 0.0917 e. The molecule has 1 atom stereocenters. The molecule has 0 bridgehead atoms. The predicted molar refractivity (Wildman–Crippen MR) is 45.1 cm³/mol. The summed E-state index contributed by atoms with van der Waals surface area (Å²) < 4.78 is 5.07. The van der Waals surface area contributed by atoms with Gasteiger partial charge in [-0.2, -0.15) is 5.48 Å². The number of methoxy groups -OCH3 is 1. The van der Waals surface area contributed by atoms with Crippen molar-refractivity contribution in [2.45, 2.75) is 6.10 Å². The van der Waals surface area contributed by atoms with E-state index in [4.69, 9.17) is 4.74 Å². The van der Waals surface area contributed by atoms with Crippen LogP contribution in [-0.4, -0.2) is 34.0 Å². The Morgan fingerprint density at radius 3 is 2.50 bits per heavy atom.